The second-order valence-corrected chi connectivity index (χ2v) is 10.3. The zero-order valence-electron chi connectivity index (χ0n) is 7.73. The molecule has 0 aliphatic carbocycles. The number of carbonyl (C=O) groups is 2. The van der Waals surface area contributed by atoms with Gasteiger partial charge in [0.15, 0.2) is 2.14 Å². The van der Waals surface area contributed by atoms with Crippen molar-refractivity contribution in [1.82, 2.24) is 4.90 Å². The number of carboxylic acid groups (broad SMARTS) is 2. The lowest BCUT2D eigenvalue weighted by molar-refractivity contribution is -0.141. The molecule has 9 heteroatoms. The smallest absolute Gasteiger partial charge is 0.408 e. The molecule has 1 amide bonds. The molecule has 0 unspecified atom stereocenters. The number of amides is 1. The van der Waals surface area contributed by atoms with Crippen molar-refractivity contribution in [2.75, 3.05) is 6.54 Å². The molecule has 0 radical (unpaired) electrons. The van der Waals surface area contributed by atoms with Crippen molar-refractivity contribution in [3.05, 3.63) is 0 Å². The first kappa shape index (κ1) is 14.2. The third-order valence-electron chi connectivity index (χ3n) is 2.40. The van der Waals surface area contributed by atoms with Gasteiger partial charge in [-0.15, -0.1) is 0 Å². The van der Waals surface area contributed by atoms with Gasteiger partial charge in [0.1, 0.15) is 11.6 Å². The maximum absolute atomic E-state index is 10.9. The molecule has 0 bridgehead atoms. The van der Waals surface area contributed by atoms with Gasteiger partial charge >= 0.3 is 12.1 Å². The minimum atomic E-state index is -1.55. The van der Waals surface area contributed by atoms with Gasteiger partial charge in [0.2, 0.25) is 0 Å². The van der Waals surface area contributed by atoms with Crippen LogP contribution in [0.5, 0.6) is 0 Å². The van der Waals surface area contributed by atoms with E-state index >= 15 is 0 Å². The van der Waals surface area contributed by atoms with Crippen LogP contribution in [0.3, 0.4) is 0 Å². The molecule has 0 saturated carbocycles. The third-order valence-corrected chi connectivity index (χ3v) is 4.61. The quantitative estimate of drug-likeness (QED) is 0.551. The van der Waals surface area contributed by atoms with Gasteiger partial charge < -0.3 is 15.3 Å². The fourth-order valence-corrected chi connectivity index (χ4v) is 2.38. The fraction of sp³-hybridized carbons (Fsp3) is 0.714. The van der Waals surface area contributed by atoms with Crippen molar-refractivity contribution in [2.24, 2.45) is 0 Å². The van der Waals surface area contributed by atoms with Gasteiger partial charge in [0, 0.05) is 6.42 Å². The predicted octanol–water partition coefficient (Wildman–Crippen LogP) is 1.39. The van der Waals surface area contributed by atoms with Crippen molar-refractivity contribution in [2.45, 2.75) is 20.2 Å². The summed E-state index contributed by atoms with van der Waals surface area (Å²) in [6.45, 7) is -0.305. The molecule has 1 saturated heterocycles. The van der Waals surface area contributed by atoms with Crippen LogP contribution < -0.4 is 0 Å². The number of likely N-dealkylation sites (tertiary alicyclic amines) is 1. The summed E-state index contributed by atoms with van der Waals surface area (Å²) in [6.07, 6.45) is -1.59. The van der Waals surface area contributed by atoms with Crippen LogP contribution in [0.2, 0.25) is 0 Å². The second kappa shape index (κ2) is 4.43. The zero-order chi connectivity index (χ0) is 12.7. The Morgan fingerprint density at radius 3 is 2.06 bits per heavy atom. The Hall–Kier alpha value is 0.140. The Balaban J connectivity index is 3.01. The molecule has 0 aromatic rings. The van der Waals surface area contributed by atoms with Gasteiger partial charge in [-0.3, -0.25) is 4.90 Å². The number of carboxylic acids is 1. The number of halogens is 3. The van der Waals surface area contributed by atoms with E-state index in [2.05, 4.69) is 47.8 Å². The van der Waals surface area contributed by atoms with Crippen LogP contribution >= 0.6 is 47.8 Å². The van der Waals surface area contributed by atoms with E-state index in [0.717, 1.165) is 0 Å². The van der Waals surface area contributed by atoms with Crippen molar-refractivity contribution in [3.63, 3.8) is 0 Å². The average Bonchev–Trinajstić information content (AvgIpc) is 2.43. The van der Waals surface area contributed by atoms with Crippen LogP contribution in [0.25, 0.3) is 0 Å². The SMILES string of the molecule is O=C(O)[C@@H]1C[C@@](O)(C(Br)(Br)Br)CN1C(=O)O. The highest BCUT2D eigenvalue weighted by atomic mass is 80.0. The summed E-state index contributed by atoms with van der Waals surface area (Å²) >= 11 is 9.26. The third kappa shape index (κ3) is 2.52. The zero-order valence-corrected chi connectivity index (χ0v) is 12.5. The van der Waals surface area contributed by atoms with Crippen molar-refractivity contribution < 1.29 is 24.9 Å². The fourth-order valence-electron chi connectivity index (χ4n) is 1.51. The normalized spacial score (nSPS) is 30.5. The number of rotatable bonds is 1. The number of alkyl halides is 3. The Bertz CT molecular complexity index is 306. The molecular formula is C7H8Br3NO5. The van der Waals surface area contributed by atoms with E-state index < -0.39 is 25.8 Å². The molecule has 16 heavy (non-hydrogen) atoms. The number of hydrogen-bond acceptors (Lipinski definition) is 3. The van der Waals surface area contributed by atoms with Gasteiger partial charge in [-0.1, -0.05) is 47.8 Å². The molecule has 0 aromatic heterocycles. The first-order chi connectivity index (χ1) is 7.08. The van der Waals surface area contributed by atoms with Crippen LogP contribution in [-0.4, -0.2) is 52.6 Å². The van der Waals surface area contributed by atoms with E-state index in [1.54, 1.807) is 0 Å². The molecule has 0 spiro atoms. The molecule has 6 nitrogen and oxygen atoms in total. The van der Waals surface area contributed by atoms with E-state index in [4.69, 9.17) is 10.2 Å². The van der Waals surface area contributed by atoms with E-state index in [1.165, 1.54) is 0 Å². The van der Waals surface area contributed by atoms with Gasteiger partial charge in [-0.05, 0) is 0 Å². The Kier molecular flexibility index (Phi) is 3.93. The summed E-state index contributed by atoms with van der Waals surface area (Å²) in [4.78, 5) is 22.4. The number of hydrogen-bond donors (Lipinski definition) is 3. The molecule has 92 valence electrons. The standard InChI is InChI=1S/C7H8Br3NO5/c8-7(9,10)6(16)1-3(4(12)13)11(2-6)5(14)15/h3,16H,1-2H2,(H,12,13)(H,14,15)/t3-,6-/m0/s1. The minimum absolute atomic E-state index is 0.212. The van der Waals surface area contributed by atoms with E-state index in [9.17, 15) is 14.7 Å². The first-order valence-corrected chi connectivity index (χ1v) is 6.48. The van der Waals surface area contributed by atoms with E-state index in [1.807, 2.05) is 0 Å². The van der Waals surface area contributed by atoms with Crippen LogP contribution in [0, 0.1) is 0 Å². The molecule has 3 N–H and O–H groups in total. The van der Waals surface area contributed by atoms with Gasteiger partial charge in [-0.2, -0.15) is 0 Å². The number of aliphatic hydroxyl groups is 1. The highest BCUT2D eigenvalue weighted by molar-refractivity contribution is 9.39. The monoisotopic (exact) mass is 423 g/mol. The van der Waals surface area contributed by atoms with Crippen LogP contribution in [0.1, 0.15) is 6.42 Å². The molecule has 2 atom stereocenters. The molecule has 1 aliphatic heterocycles. The van der Waals surface area contributed by atoms with Crippen molar-refractivity contribution >= 4 is 59.9 Å². The van der Waals surface area contributed by atoms with E-state index in [-0.39, 0.29) is 13.0 Å². The second-order valence-electron chi connectivity index (χ2n) is 3.50. The summed E-state index contributed by atoms with van der Waals surface area (Å²) in [7, 11) is 0. The van der Waals surface area contributed by atoms with Gasteiger partial charge in [0.05, 0.1) is 6.54 Å². The number of β-amino-alcohol motifs (C(OH)–C–C–N with tert-alkyl or cyclic N) is 1. The number of aliphatic carboxylic acids is 1. The largest absolute Gasteiger partial charge is 0.480 e. The molecule has 0 aromatic carbocycles. The lowest BCUT2D eigenvalue weighted by Crippen LogP contribution is -2.45. The lowest BCUT2D eigenvalue weighted by Gasteiger charge is -2.30. The van der Waals surface area contributed by atoms with Crippen molar-refractivity contribution in [1.29, 1.82) is 0 Å². The summed E-state index contributed by atoms with van der Waals surface area (Å²) in [5.41, 5.74) is -1.55. The van der Waals surface area contributed by atoms with Gasteiger partial charge in [0.25, 0.3) is 0 Å². The van der Waals surface area contributed by atoms with Crippen LogP contribution in [-0.2, 0) is 4.79 Å². The highest BCUT2D eigenvalue weighted by Gasteiger charge is 2.56. The molecule has 1 rings (SSSR count). The van der Waals surface area contributed by atoms with Crippen LogP contribution in [0.4, 0.5) is 4.79 Å². The summed E-state index contributed by atoms with van der Waals surface area (Å²) < 4.78 is -1.13. The lowest BCUT2D eigenvalue weighted by atomic mass is 10.0. The Morgan fingerprint density at radius 2 is 1.81 bits per heavy atom. The molecule has 1 fully saturated rings. The van der Waals surface area contributed by atoms with Gasteiger partial charge in [-0.25, -0.2) is 9.59 Å². The summed E-state index contributed by atoms with van der Waals surface area (Å²) in [5.74, 6) is -1.28. The summed E-state index contributed by atoms with van der Waals surface area (Å²) in [6, 6.07) is -1.26. The number of nitrogens with zero attached hydrogens (tertiary/aromatic N) is 1. The summed E-state index contributed by atoms with van der Waals surface area (Å²) in [5, 5.41) is 27.9. The highest BCUT2D eigenvalue weighted by Crippen LogP contribution is 2.49. The average molecular weight is 426 g/mol. The maximum Gasteiger partial charge on any atom is 0.408 e. The molecule has 1 heterocycles. The maximum atomic E-state index is 10.9. The van der Waals surface area contributed by atoms with Crippen LogP contribution in [0.15, 0.2) is 0 Å². The topological polar surface area (TPSA) is 98.1 Å². The minimum Gasteiger partial charge on any atom is -0.480 e. The Morgan fingerprint density at radius 1 is 1.31 bits per heavy atom. The predicted molar refractivity (Wildman–Crippen MR) is 65.2 cm³/mol. The van der Waals surface area contributed by atoms with E-state index in [0.29, 0.717) is 4.90 Å². The van der Waals surface area contributed by atoms with Crippen molar-refractivity contribution in [3.8, 4) is 0 Å². The molecule has 1 aliphatic rings. The first-order valence-electron chi connectivity index (χ1n) is 4.10. The Labute approximate surface area is 116 Å². The molecular weight excluding hydrogens is 418 g/mol.